The first-order valence-corrected chi connectivity index (χ1v) is 14.9. The maximum absolute atomic E-state index is 13.7. The second-order valence-corrected chi connectivity index (χ2v) is 11.8. The number of rotatable bonds is 3. The predicted octanol–water partition coefficient (Wildman–Crippen LogP) is 6.11. The Bertz CT molecular complexity index is 1280. The van der Waals surface area contributed by atoms with E-state index in [4.69, 9.17) is 31.9 Å². The molecule has 3 unspecified atom stereocenters. The lowest BCUT2D eigenvalue weighted by atomic mass is 9.94. The van der Waals surface area contributed by atoms with Crippen LogP contribution >= 0.6 is 11.6 Å². The van der Waals surface area contributed by atoms with Crippen LogP contribution in [-0.2, 0) is 23.9 Å². The highest BCUT2D eigenvalue weighted by Gasteiger charge is 2.40. The van der Waals surface area contributed by atoms with Crippen molar-refractivity contribution in [1.29, 1.82) is 0 Å². The van der Waals surface area contributed by atoms with Crippen LogP contribution in [0.1, 0.15) is 67.5 Å². The Morgan fingerprint density at radius 3 is 2.53 bits per heavy atom. The van der Waals surface area contributed by atoms with Crippen molar-refractivity contribution in [3.63, 3.8) is 0 Å². The highest BCUT2D eigenvalue weighted by Crippen LogP contribution is 2.44. The lowest BCUT2D eigenvalue weighted by Gasteiger charge is -2.35. The summed E-state index contributed by atoms with van der Waals surface area (Å²) < 4.78 is 64.4. The number of halogens is 5. The third-order valence-corrected chi connectivity index (χ3v) is 8.63. The summed E-state index contributed by atoms with van der Waals surface area (Å²) in [6, 6.07) is 3.25. The van der Waals surface area contributed by atoms with Crippen LogP contribution in [-0.4, -0.2) is 66.4 Å². The van der Waals surface area contributed by atoms with Gasteiger partial charge < -0.3 is 25.2 Å². The zero-order valence-corrected chi connectivity index (χ0v) is 25.5. The number of hydrogen-bond acceptors (Lipinski definition) is 8. The summed E-state index contributed by atoms with van der Waals surface area (Å²) in [5.41, 5.74) is 7.31. The Hall–Kier alpha value is -2.67. The molecule has 3 saturated heterocycles. The molecular formula is C30H40ClF4N5O3. The van der Waals surface area contributed by atoms with Gasteiger partial charge in [0.05, 0.1) is 42.4 Å². The molecule has 13 heteroatoms. The van der Waals surface area contributed by atoms with Gasteiger partial charge in [0.25, 0.3) is 0 Å². The summed E-state index contributed by atoms with van der Waals surface area (Å²) in [5, 5.41) is 6.56. The summed E-state index contributed by atoms with van der Waals surface area (Å²) in [6.45, 7) is 6.05. The van der Waals surface area contributed by atoms with E-state index in [1.165, 1.54) is 32.6 Å². The molecule has 1 aromatic heterocycles. The highest BCUT2D eigenvalue weighted by atomic mass is 35.5. The van der Waals surface area contributed by atoms with Gasteiger partial charge in [0, 0.05) is 50.5 Å². The molecule has 3 N–H and O–H groups in total. The van der Waals surface area contributed by atoms with E-state index in [1.807, 2.05) is 0 Å². The van der Waals surface area contributed by atoms with Crippen LogP contribution in [0.5, 0.6) is 6.01 Å². The van der Waals surface area contributed by atoms with Gasteiger partial charge in [-0.3, -0.25) is 4.90 Å². The first-order valence-electron chi connectivity index (χ1n) is 14.5. The zero-order chi connectivity index (χ0) is 31.3. The van der Waals surface area contributed by atoms with E-state index < -0.39 is 22.9 Å². The molecule has 3 atom stereocenters. The van der Waals surface area contributed by atoms with Gasteiger partial charge in [-0.1, -0.05) is 18.5 Å². The van der Waals surface area contributed by atoms with E-state index in [9.17, 15) is 17.6 Å². The minimum Gasteiger partial charge on any atom is -0.467 e. The Morgan fingerprint density at radius 1 is 1.14 bits per heavy atom. The number of fused-ring (bicyclic) bond motifs is 2. The molecule has 0 amide bonds. The minimum atomic E-state index is -4.64. The first-order chi connectivity index (χ1) is 20.6. The van der Waals surface area contributed by atoms with Crippen LogP contribution in [0.4, 0.5) is 29.1 Å². The number of piperidine rings is 1. The van der Waals surface area contributed by atoms with Crippen molar-refractivity contribution in [2.24, 2.45) is 5.92 Å². The van der Waals surface area contributed by atoms with E-state index in [2.05, 4.69) is 26.7 Å². The van der Waals surface area contributed by atoms with Gasteiger partial charge in [-0.15, -0.1) is 0 Å². The van der Waals surface area contributed by atoms with Crippen molar-refractivity contribution in [3.8, 4) is 6.01 Å². The monoisotopic (exact) mass is 629 g/mol. The minimum absolute atomic E-state index is 0.0890. The fraction of sp³-hybridized carbons (Fsp3) is 0.600. The van der Waals surface area contributed by atoms with Gasteiger partial charge in [-0.2, -0.15) is 23.1 Å². The molecule has 6 rings (SSSR count). The van der Waals surface area contributed by atoms with Crippen molar-refractivity contribution in [3.05, 3.63) is 51.4 Å². The number of methoxy groups -OCH3 is 1. The van der Waals surface area contributed by atoms with Crippen LogP contribution in [0.15, 0.2) is 24.0 Å². The number of nitrogens with two attached hydrogens (primary N) is 1. The summed E-state index contributed by atoms with van der Waals surface area (Å²) >= 11 is 5.92. The fourth-order valence-electron chi connectivity index (χ4n) is 6.41. The number of anilines is 2. The quantitative estimate of drug-likeness (QED) is 0.310. The van der Waals surface area contributed by atoms with E-state index >= 15 is 0 Å². The van der Waals surface area contributed by atoms with Crippen LogP contribution in [0.25, 0.3) is 0 Å². The summed E-state index contributed by atoms with van der Waals surface area (Å²) in [4.78, 5) is 13.5. The molecule has 0 aliphatic carbocycles. The van der Waals surface area contributed by atoms with Crippen molar-refractivity contribution in [2.45, 2.75) is 70.4 Å². The Labute approximate surface area is 254 Å². The van der Waals surface area contributed by atoms with Crippen LogP contribution < -0.4 is 15.4 Å². The molecule has 4 aliphatic heterocycles. The predicted molar refractivity (Wildman–Crippen MR) is 158 cm³/mol. The Kier molecular flexibility index (Phi) is 11.1. The summed E-state index contributed by atoms with van der Waals surface area (Å²) in [6.07, 6.45) is 1.16. The molecule has 3 fully saturated rings. The molecule has 2 aromatic rings. The standard InChI is InChI=1S/C21H24ClF3N4O2.C8H12FN.CH4O/c1-11-4-3-5-29(9-11)19-14-10-31-17(8-16(14)27-20(28-19)30-2)13-6-12(26)7-15(22)18(13)21(23,24)25;9-5-7-4-8-2-1-3-10(8)6-7;1-2/h6-7,11,17H,3-5,8-10,26H2,1-2H3;5,8H,1-4,6H2;2H,1H3/b;7-5-;. The second kappa shape index (κ2) is 14.4. The highest BCUT2D eigenvalue weighted by molar-refractivity contribution is 6.31. The lowest BCUT2D eigenvalue weighted by Crippen LogP contribution is -2.36. The van der Waals surface area contributed by atoms with Crippen molar-refractivity contribution in [2.75, 3.05) is 51.0 Å². The number of nitrogens with zero attached hydrogens (tertiary/aromatic N) is 4. The van der Waals surface area contributed by atoms with Crippen molar-refractivity contribution >= 4 is 23.1 Å². The van der Waals surface area contributed by atoms with E-state index in [1.54, 1.807) is 0 Å². The van der Waals surface area contributed by atoms with Crippen LogP contribution in [0.2, 0.25) is 5.02 Å². The smallest absolute Gasteiger partial charge is 0.418 e. The average Bonchev–Trinajstić information content (AvgIpc) is 3.59. The third-order valence-electron chi connectivity index (χ3n) is 8.33. The lowest BCUT2D eigenvalue weighted by molar-refractivity contribution is -0.139. The van der Waals surface area contributed by atoms with Crippen molar-refractivity contribution in [1.82, 2.24) is 14.9 Å². The van der Waals surface area contributed by atoms with Gasteiger partial charge in [-0.05, 0) is 67.8 Å². The van der Waals surface area contributed by atoms with Crippen molar-refractivity contribution < 1.29 is 32.1 Å². The zero-order valence-electron chi connectivity index (χ0n) is 24.8. The van der Waals surface area contributed by atoms with Gasteiger partial charge in [0.15, 0.2) is 0 Å². The molecule has 0 saturated carbocycles. The van der Waals surface area contributed by atoms with Gasteiger partial charge >= 0.3 is 12.2 Å². The summed E-state index contributed by atoms with van der Waals surface area (Å²) in [5.74, 6) is 1.25. The Balaban J connectivity index is 0.000000294. The first kappa shape index (κ1) is 33.2. The molecule has 5 heterocycles. The number of hydrogen-bond donors (Lipinski definition) is 2. The molecule has 8 nitrogen and oxygen atoms in total. The SMILES string of the molecule is CO.COc1nc2c(c(N3CCCC(C)C3)n1)COC(c1cc(N)cc(Cl)c1C(F)(F)F)C2.F/C=C1/CC2CCCN2C1. The number of aromatic nitrogens is 2. The van der Waals surface area contributed by atoms with Gasteiger partial charge in [-0.25, -0.2) is 4.39 Å². The topological polar surface area (TPSA) is 97.0 Å². The fourth-order valence-corrected chi connectivity index (χ4v) is 6.75. The molecule has 43 heavy (non-hydrogen) atoms. The normalized spacial score (nSPS) is 24.4. The molecule has 0 bridgehead atoms. The average molecular weight is 630 g/mol. The maximum Gasteiger partial charge on any atom is 0.418 e. The van der Waals surface area contributed by atoms with E-state index in [-0.39, 0.29) is 30.3 Å². The number of alkyl halides is 3. The molecule has 1 aromatic carbocycles. The van der Waals surface area contributed by atoms with Crippen LogP contribution in [0, 0.1) is 5.92 Å². The largest absolute Gasteiger partial charge is 0.467 e. The number of aliphatic hydroxyl groups is 1. The molecule has 0 radical (unpaired) electrons. The molecule has 0 spiro atoms. The number of ether oxygens (including phenoxy) is 2. The van der Waals surface area contributed by atoms with Gasteiger partial charge in [0.2, 0.25) is 0 Å². The van der Waals surface area contributed by atoms with E-state index in [0.29, 0.717) is 17.7 Å². The van der Waals surface area contributed by atoms with Gasteiger partial charge in [0.1, 0.15) is 5.82 Å². The second-order valence-electron chi connectivity index (χ2n) is 11.4. The molecule has 4 aliphatic rings. The molecular weight excluding hydrogens is 590 g/mol. The number of nitrogen functional groups attached to an aromatic ring is 1. The third kappa shape index (κ3) is 7.71. The number of benzene rings is 1. The van der Waals surface area contributed by atoms with E-state index in [0.717, 1.165) is 75.4 Å². The maximum atomic E-state index is 13.7. The Morgan fingerprint density at radius 2 is 1.88 bits per heavy atom. The van der Waals surface area contributed by atoms with Crippen LogP contribution in [0.3, 0.4) is 0 Å². The molecule has 238 valence electrons. The summed E-state index contributed by atoms with van der Waals surface area (Å²) in [7, 11) is 2.47. The number of aliphatic hydroxyl groups excluding tert-OH is 1.